The predicted octanol–water partition coefficient (Wildman–Crippen LogP) is 1.49. The van der Waals surface area contributed by atoms with Gasteiger partial charge in [0.2, 0.25) is 5.91 Å². The molecule has 7 heteroatoms. The zero-order valence-electron chi connectivity index (χ0n) is 11.7. The van der Waals surface area contributed by atoms with Crippen LogP contribution in [0.25, 0.3) is 0 Å². The van der Waals surface area contributed by atoms with E-state index in [1.54, 1.807) is 13.8 Å². The molecule has 0 saturated carbocycles. The van der Waals surface area contributed by atoms with Crippen LogP contribution in [0.2, 0.25) is 0 Å². The lowest BCUT2D eigenvalue weighted by atomic mass is 10.0. The van der Waals surface area contributed by atoms with Crippen molar-refractivity contribution in [2.75, 3.05) is 11.5 Å². The highest BCUT2D eigenvalue weighted by Gasteiger charge is 2.24. The van der Waals surface area contributed by atoms with Gasteiger partial charge in [0.05, 0.1) is 10.6 Å². The summed E-state index contributed by atoms with van der Waals surface area (Å²) < 4.78 is 37.3. The van der Waals surface area contributed by atoms with Crippen LogP contribution in [0.15, 0.2) is 23.1 Å². The highest BCUT2D eigenvalue weighted by atomic mass is 32.2. The predicted molar refractivity (Wildman–Crippen MR) is 75.4 cm³/mol. The monoisotopic (exact) mass is 302 g/mol. The van der Waals surface area contributed by atoms with Gasteiger partial charge < -0.3 is 11.1 Å². The first kappa shape index (κ1) is 16.4. The normalized spacial score (nSPS) is 12.2. The number of anilines is 1. The van der Waals surface area contributed by atoms with E-state index in [4.69, 9.17) is 5.73 Å². The highest BCUT2D eigenvalue weighted by molar-refractivity contribution is 7.92. The second-order valence-corrected chi connectivity index (χ2v) is 7.22. The number of carbonyl (C=O) groups excluding carboxylic acids is 1. The van der Waals surface area contributed by atoms with E-state index in [1.165, 1.54) is 6.07 Å². The van der Waals surface area contributed by atoms with Gasteiger partial charge in [0, 0.05) is 5.54 Å². The van der Waals surface area contributed by atoms with Gasteiger partial charge in [-0.25, -0.2) is 12.8 Å². The largest absolute Gasteiger partial charge is 0.396 e. The van der Waals surface area contributed by atoms with Crippen molar-refractivity contribution in [3.63, 3.8) is 0 Å². The third-order valence-electron chi connectivity index (χ3n) is 3.01. The van der Waals surface area contributed by atoms with E-state index < -0.39 is 32.9 Å². The summed E-state index contributed by atoms with van der Waals surface area (Å²) in [5, 5.41) is 2.62. The molecule has 0 aromatic heterocycles. The fraction of sp³-hybridized carbons (Fsp3) is 0.462. The number of benzene rings is 1. The fourth-order valence-corrected chi connectivity index (χ4v) is 2.60. The summed E-state index contributed by atoms with van der Waals surface area (Å²) in [6.45, 7) is 5.46. The Bertz CT molecular complexity index is 612. The maximum atomic E-state index is 13.3. The molecule has 0 radical (unpaired) electrons. The third-order valence-corrected chi connectivity index (χ3v) is 4.63. The van der Waals surface area contributed by atoms with Crippen molar-refractivity contribution < 1.29 is 17.6 Å². The molecular formula is C13H19FN2O3S. The smallest absolute Gasteiger partial charge is 0.235 e. The van der Waals surface area contributed by atoms with Gasteiger partial charge in [0.1, 0.15) is 11.6 Å². The number of nitrogen functional groups attached to an aromatic ring is 1. The molecule has 0 aliphatic heterocycles. The number of halogens is 1. The number of amides is 1. The van der Waals surface area contributed by atoms with E-state index in [9.17, 15) is 17.6 Å². The van der Waals surface area contributed by atoms with Crippen molar-refractivity contribution in [3.8, 4) is 0 Å². The molecule has 0 heterocycles. The number of sulfone groups is 1. The van der Waals surface area contributed by atoms with Gasteiger partial charge in [-0.2, -0.15) is 0 Å². The Morgan fingerprint density at radius 2 is 2.00 bits per heavy atom. The molecule has 0 spiro atoms. The average Bonchev–Trinajstić information content (AvgIpc) is 2.31. The van der Waals surface area contributed by atoms with Crippen molar-refractivity contribution >= 4 is 21.4 Å². The van der Waals surface area contributed by atoms with Crippen molar-refractivity contribution in [1.29, 1.82) is 0 Å². The number of carbonyl (C=O) groups is 1. The van der Waals surface area contributed by atoms with Crippen LogP contribution in [0, 0.1) is 5.82 Å². The van der Waals surface area contributed by atoms with Crippen LogP contribution in [-0.2, 0) is 14.6 Å². The van der Waals surface area contributed by atoms with E-state index in [2.05, 4.69) is 5.32 Å². The average molecular weight is 302 g/mol. The van der Waals surface area contributed by atoms with Gasteiger partial charge in [-0.3, -0.25) is 4.79 Å². The van der Waals surface area contributed by atoms with Crippen LogP contribution in [0.5, 0.6) is 0 Å². The minimum Gasteiger partial charge on any atom is -0.396 e. The van der Waals surface area contributed by atoms with Gasteiger partial charge in [0.25, 0.3) is 0 Å². The van der Waals surface area contributed by atoms with Gasteiger partial charge in [0.15, 0.2) is 9.84 Å². The molecule has 112 valence electrons. The van der Waals surface area contributed by atoms with Crippen LogP contribution in [-0.4, -0.2) is 25.6 Å². The lowest BCUT2D eigenvalue weighted by molar-refractivity contribution is -0.120. The molecule has 1 aromatic rings. The molecule has 5 nitrogen and oxygen atoms in total. The molecule has 0 fully saturated rings. The summed E-state index contributed by atoms with van der Waals surface area (Å²) >= 11 is 0. The molecular weight excluding hydrogens is 283 g/mol. The van der Waals surface area contributed by atoms with Crippen LogP contribution >= 0.6 is 0 Å². The molecule has 3 N–H and O–H groups in total. The Hall–Kier alpha value is -1.63. The van der Waals surface area contributed by atoms with Gasteiger partial charge in [-0.15, -0.1) is 0 Å². The Balaban J connectivity index is 2.90. The summed E-state index contributed by atoms with van der Waals surface area (Å²) in [5.74, 6) is -2.16. The number of hydrogen-bond acceptors (Lipinski definition) is 4. The minimum absolute atomic E-state index is 0.138. The minimum atomic E-state index is -3.89. The maximum absolute atomic E-state index is 13.3. The summed E-state index contributed by atoms with van der Waals surface area (Å²) in [7, 11) is -3.89. The van der Waals surface area contributed by atoms with E-state index in [-0.39, 0.29) is 10.6 Å². The number of rotatable bonds is 5. The lowest BCUT2D eigenvalue weighted by Gasteiger charge is -2.24. The molecule has 1 aromatic carbocycles. The molecule has 0 bridgehead atoms. The lowest BCUT2D eigenvalue weighted by Crippen LogP contribution is -2.45. The zero-order chi connectivity index (χ0) is 15.6. The number of nitrogens with one attached hydrogen (secondary N) is 1. The molecule has 20 heavy (non-hydrogen) atoms. The van der Waals surface area contributed by atoms with Gasteiger partial charge in [-0.05, 0) is 38.5 Å². The Labute approximate surface area is 118 Å². The Morgan fingerprint density at radius 1 is 1.40 bits per heavy atom. The molecule has 0 unspecified atom stereocenters. The van der Waals surface area contributed by atoms with Crippen molar-refractivity contribution in [2.24, 2.45) is 0 Å². The SMILES string of the molecule is CCC(C)(C)NC(=O)CS(=O)(=O)c1ccc(N)c(F)c1. The van der Waals surface area contributed by atoms with E-state index in [1.807, 2.05) is 6.92 Å². The van der Waals surface area contributed by atoms with Crippen molar-refractivity contribution in [2.45, 2.75) is 37.6 Å². The highest BCUT2D eigenvalue weighted by Crippen LogP contribution is 2.17. The first-order chi connectivity index (χ1) is 9.07. The van der Waals surface area contributed by atoms with Gasteiger partial charge in [-0.1, -0.05) is 6.92 Å². The first-order valence-corrected chi connectivity index (χ1v) is 7.81. The number of nitrogens with two attached hydrogens (primary N) is 1. The first-order valence-electron chi connectivity index (χ1n) is 6.16. The van der Waals surface area contributed by atoms with Crippen molar-refractivity contribution in [1.82, 2.24) is 5.32 Å². The van der Waals surface area contributed by atoms with E-state index >= 15 is 0 Å². The van der Waals surface area contributed by atoms with Crippen LogP contribution in [0.3, 0.4) is 0 Å². The van der Waals surface area contributed by atoms with Crippen LogP contribution in [0.1, 0.15) is 27.2 Å². The molecule has 0 aliphatic rings. The summed E-state index contributed by atoms with van der Waals surface area (Å²) in [6, 6.07) is 3.17. The topological polar surface area (TPSA) is 89.3 Å². The van der Waals surface area contributed by atoms with Crippen LogP contribution < -0.4 is 11.1 Å². The maximum Gasteiger partial charge on any atom is 0.235 e. The quantitative estimate of drug-likeness (QED) is 0.806. The van der Waals surface area contributed by atoms with Crippen LogP contribution in [0.4, 0.5) is 10.1 Å². The summed E-state index contributed by atoms with van der Waals surface area (Å²) in [5.41, 5.74) is 4.66. The molecule has 1 rings (SSSR count). The Morgan fingerprint density at radius 3 is 2.50 bits per heavy atom. The molecule has 0 aliphatic carbocycles. The number of hydrogen-bond donors (Lipinski definition) is 2. The third kappa shape index (κ3) is 4.19. The zero-order valence-corrected chi connectivity index (χ0v) is 12.6. The molecule has 1 amide bonds. The Kier molecular flexibility index (Phi) is 4.75. The molecule has 0 saturated heterocycles. The van der Waals surface area contributed by atoms with E-state index in [0.29, 0.717) is 6.42 Å². The van der Waals surface area contributed by atoms with Gasteiger partial charge >= 0.3 is 0 Å². The standard InChI is InChI=1S/C13H19FN2O3S/c1-4-13(2,3)16-12(17)8-20(18,19)9-5-6-11(15)10(14)7-9/h5-7H,4,8,15H2,1-3H3,(H,16,17). The second kappa shape index (κ2) is 5.78. The second-order valence-electron chi connectivity index (χ2n) is 5.23. The van der Waals surface area contributed by atoms with E-state index in [0.717, 1.165) is 12.1 Å². The summed E-state index contributed by atoms with van der Waals surface area (Å²) in [4.78, 5) is 11.5. The molecule has 0 atom stereocenters. The summed E-state index contributed by atoms with van der Waals surface area (Å²) in [6.07, 6.45) is 0.662. The fourth-order valence-electron chi connectivity index (χ4n) is 1.46. The van der Waals surface area contributed by atoms with Crippen molar-refractivity contribution in [3.05, 3.63) is 24.0 Å².